The van der Waals surface area contributed by atoms with Crippen molar-refractivity contribution < 1.29 is 57.3 Å². The second kappa shape index (κ2) is 14.0. The quantitative estimate of drug-likeness (QED) is 0.105. The largest absolute Gasteiger partial charge is 0.726 e. The molecule has 1 saturated heterocycles. The molecular formula is C33H57O12S-. The van der Waals surface area contributed by atoms with Crippen molar-refractivity contribution in [1.29, 1.82) is 0 Å². The molecule has 5 fully saturated rings. The van der Waals surface area contributed by atoms with E-state index < -0.39 is 76.9 Å². The minimum atomic E-state index is -4.88. The fourth-order valence-corrected chi connectivity index (χ4v) is 11.5. The van der Waals surface area contributed by atoms with Gasteiger partial charge in [0.05, 0.1) is 24.9 Å². The summed E-state index contributed by atoms with van der Waals surface area (Å²) >= 11 is 0. The molecule has 0 amide bonds. The number of ether oxygens (including phenoxy) is 2. The molecule has 0 aromatic carbocycles. The molecule has 0 spiro atoms. The van der Waals surface area contributed by atoms with Crippen LogP contribution < -0.4 is 0 Å². The van der Waals surface area contributed by atoms with E-state index in [2.05, 4.69) is 27.7 Å². The van der Waals surface area contributed by atoms with Crippen molar-refractivity contribution in [2.45, 2.75) is 141 Å². The second-order valence-electron chi connectivity index (χ2n) is 16.1. The van der Waals surface area contributed by atoms with Crippen molar-refractivity contribution >= 4 is 10.4 Å². The average molecular weight is 678 g/mol. The normalized spacial score (nSPS) is 48.5. The van der Waals surface area contributed by atoms with Crippen LogP contribution in [0.5, 0.6) is 0 Å². The van der Waals surface area contributed by atoms with Crippen LogP contribution in [-0.4, -0.2) is 106 Å². The minimum absolute atomic E-state index is 0.0321. The molecule has 4 saturated carbocycles. The summed E-state index contributed by atoms with van der Waals surface area (Å²) in [6.45, 7) is 8.20. The summed E-state index contributed by atoms with van der Waals surface area (Å²) in [4.78, 5) is 0. The second-order valence-corrected chi connectivity index (χ2v) is 17.1. The molecule has 13 heteroatoms. The Morgan fingerprint density at radius 2 is 1.63 bits per heavy atom. The number of rotatable bonds is 11. The van der Waals surface area contributed by atoms with E-state index in [1.54, 1.807) is 0 Å². The van der Waals surface area contributed by atoms with Gasteiger partial charge >= 0.3 is 0 Å². The van der Waals surface area contributed by atoms with Crippen LogP contribution in [-0.2, 0) is 24.1 Å². The Labute approximate surface area is 273 Å². The van der Waals surface area contributed by atoms with Gasteiger partial charge in [0.2, 0.25) is 10.4 Å². The van der Waals surface area contributed by atoms with Gasteiger partial charge in [-0.1, -0.05) is 40.5 Å². The van der Waals surface area contributed by atoms with Gasteiger partial charge in [-0.15, -0.1) is 0 Å². The van der Waals surface area contributed by atoms with Gasteiger partial charge in [-0.2, -0.15) is 0 Å². The van der Waals surface area contributed by atoms with E-state index in [1.807, 2.05) is 0 Å². The maximum absolute atomic E-state index is 11.6. The molecule has 46 heavy (non-hydrogen) atoms. The number of hydrogen-bond donors (Lipinski definition) is 6. The molecule has 1 aliphatic heterocycles. The summed E-state index contributed by atoms with van der Waals surface area (Å²) < 4.78 is 51.7. The number of aliphatic hydroxyl groups excluding tert-OH is 6. The molecule has 0 bridgehead atoms. The molecule has 16 atom stereocenters. The first kappa shape index (κ1) is 36.8. The van der Waals surface area contributed by atoms with Crippen molar-refractivity contribution in [3.63, 3.8) is 0 Å². The highest BCUT2D eigenvalue weighted by molar-refractivity contribution is 7.80. The molecule has 4 aliphatic carbocycles. The Morgan fingerprint density at radius 1 is 0.913 bits per heavy atom. The van der Waals surface area contributed by atoms with E-state index in [-0.39, 0.29) is 48.5 Å². The van der Waals surface area contributed by atoms with Gasteiger partial charge in [0.15, 0.2) is 6.29 Å². The van der Waals surface area contributed by atoms with Crippen LogP contribution >= 0.6 is 0 Å². The maximum atomic E-state index is 11.6. The highest BCUT2D eigenvalue weighted by Crippen LogP contribution is 2.69. The lowest BCUT2D eigenvalue weighted by molar-refractivity contribution is -0.333. The fourth-order valence-electron chi connectivity index (χ4n) is 11.0. The van der Waals surface area contributed by atoms with Gasteiger partial charge < -0.3 is 44.7 Å². The Morgan fingerprint density at radius 3 is 2.26 bits per heavy atom. The van der Waals surface area contributed by atoms with E-state index in [0.717, 1.165) is 32.1 Å². The van der Waals surface area contributed by atoms with Crippen LogP contribution in [0.3, 0.4) is 0 Å². The first-order chi connectivity index (χ1) is 21.5. The molecule has 6 N–H and O–H groups in total. The highest BCUT2D eigenvalue weighted by Gasteiger charge is 2.66. The third-order valence-corrected chi connectivity index (χ3v) is 13.8. The number of fused-ring (bicyclic) bond motifs is 5. The van der Waals surface area contributed by atoms with E-state index >= 15 is 0 Å². The van der Waals surface area contributed by atoms with E-state index in [1.165, 1.54) is 0 Å². The molecule has 0 unspecified atom stereocenters. The van der Waals surface area contributed by atoms with Crippen LogP contribution in [0.25, 0.3) is 0 Å². The van der Waals surface area contributed by atoms with Crippen LogP contribution in [0, 0.1) is 52.3 Å². The Kier molecular flexibility index (Phi) is 11.2. The van der Waals surface area contributed by atoms with Crippen molar-refractivity contribution in [1.82, 2.24) is 0 Å². The lowest BCUT2D eigenvalue weighted by Crippen LogP contribution is -2.64. The summed E-state index contributed by atoms with van der Waals surface area (Å²) in [6, 6.07) is 0. The minimum Gasteiger partial charge on any atom is -0.726 e. The molecule has 5 aliphatic rings. The highest BCUT2D eigenvalue weighted by atomic mass is 32.3. The third kappa shape index (κ3) is 6.82. The first-order valence-electron chi connectivity index (χ1n) is 17.4. The topological polar surface area (TPSA) is 206 Å². The third-order valence-electron chi connectivity index (χ3n) is 13.3. The van der Waals surface area contributed by atoms with E-state index in [9.17, 15) is 43.6 Å². The summed E-state index contributed by atoms with van der Waals surface area (Å²) in [7, 11) is -4.88. The van der Waals surface area contributed by atoms with Crippen LogP contribution in [0.15, 0.2) is 0 Å². The summed E-state index contributed by atoms with van der Waals surface area (Å²) in [5.41, 5.74) is -0.871. The average Bonchev–Trinajstić information content (AvgIpc) is 3.34. The summed E-state index contributed by atoms with van der Waals surface area (Å²) in [5.74, 6) is 0.709. The van der Waals surface area contributed by atoms with Gasteiger partial charge in [-0.25, -0.2) is 8.42 Å². The van der Waals surface area contributed by atoms with E-state index in [4.69, 9.17) is 13.7 Å². The van der Waals surface area contributed by atoms with Crippen molar-refractivity contribution in [3.8, 4) is 0 Å². The van der Waals surface area contributed by atoms with Gasteiger partial charge in [0, 0.05) is 12.0 Å². The van der Waals surface area contributed by atoms with E-state index in [0.29, 0.717) is 31.6 Å². The SMILES string of the molecule is CC(C)CCC[C@@H](CO)[C@H]1CC[C@H]2[C@@H]3C[C@@H](O)[C@H]4C[C@H](OS(=O)(=O)[O-])CC[C@]4(C)[C@H]3C[C@@H](O[C@@H]3O[C@H](CO)[C@@H](O)[C@H](O)[C@H]3O)[C@]12C. The monoisotopic (exact) mass is 677 g/mol. The number of aliphatic hydroxyl groups is 6. The zero-order chi connectivity index (χ0) is 33.8. The zero-order valence-corrected chi connectivity index (χ0v) is 28.5. The van der Waals surface area contributed by atoms with Crippen molar-refractivity contribution in [3.05, 3.63) is 0 Å². The van der Waals surface area contributed by atoms with Crippen LogP contribution in [0.2, 0.25) is 0 Å². The van der Waals surface area contributed by atoms with Crippen LogP contribution in [0.1, 0.15) is 91.9 Å². The van der Waals surface area contributed by atoms with Gasteiger partial charge in [-0.3, -0.25) is 4.18 Å². The smallest absolute Gasteiger partial charge is 0.217 e. The molecule has 12 nitrogen and oxygen atoms in total. The maximum Gasteiger partial charge on any atom is 0.217 e. The van der Waals surface area contributed by atoms with Crippen molar-refractivity contribution in [2.75, 3.05) is 13.2 Å². The molecule has 1 heterocycles. The molecule has 0 radical (unpaired) electrons. The molecule has 5 rings (SSSR count). The molecule has 268 valence electrons. The van der Waals surface area contributed by atoms with Crippen molar-refractivity contribution in [2.24, 2.45) is 52.3 Å². The zero-order valence-electron chi connectivity index (χ0n) is 27.7. The summed E-state index contributed by atoms with van der Waals surface area (Å²) in [5, 5.41) is 64.1. The molecule has 0 aromatic rings. The molecular weight excluding hydrogens is 620 g/mol. The standard InChI is InChI=1S/C33H58O12S/c1-17(2)6-5-7-18(15-34)21-8-9-22-20-13-25(36)24-12-19(45-46(40,41)42)10-11-32(24,3)23(20)14-27(33(21,22)4)44-31-30(39)29(38)28(37)26(16-35)43-31/h17-31,34-39H,5-16H2,1-4H3,(H,40,41,42)/p-1/t18-,19+,20-,21+,22-,23-,24+,25+,26+,27+,28+,29-,30+,31-,32+,33+/m0/s1. The van der Waals surface area contributed by atoms with Crippen LogP contribution in [0.4, 0.5) is 0 Å². The molecule has 0 aromatic heterocycles. The fraction of sp³-hybridized carbons (Fsp3) is 1.00. The predicted octanol–water partition coefficient (Wildman–Crippen LogP) is 1.69. The van der Waals surface area contributed by atoms with Gasteiger partial charge in [0.1, 0.15) is 24.4 Å². The van der Waals surface area contributed by atoms with Gasteiger partial charge in [0.25, 0.3) is 0 Å². The predicted molar refractivity (Wildman–Crippen MR) is 164 cm³/mol. The lowest BCUT2D eigenvalue weighted by atomic mass is 9.43. The number of hydrogen-bond acceptors (Lipinski definition) is 12. The Bertz CT molecular complexity index is 1140. The lowest BCUT2D eigenvalue weighted by Gasteiger charge is -2.64. The summed E-state index contributed by atoms with van der Waals surface area (Å²) in [6.07, 6.45) is -2.05. The Balaban J connectivity index is 1.48. The van der Waals surface area contributed by atoms with Gasteiger partial charge in [-0.05, 0) is 98.2 Å². The first-order valence-corrected chi connectivity index (χ1v) is 18.8. The Hall–Kier alpha value is -0.450.